The van der Waals surface area contributed by atoms with Gasteiger partial charge in [0.2, 0.25) is 10.0 Å². The van der Waals surface area contributed by atoms with Crippen molar-refractivity contribution in [2.45, 2.75) is 82.9 Å². The lowest BCUT2D eigenvalue weighted by atomic mass is 9.92. The summed E-state index contributed by atoms with van der Waals surface area (Å²) in [5.41, 5.74) is 0.231. The zero-order valence-electron chi connectivity index (χ0n) is 16.6. The van der Waals surface area contributed by atoms with Gasteiger partial charge in [0.1, 0.15) is 4.90 Å². The Kier molecular flexibility index (Phi) is 7.24. The molecule has 1 heterocycles. The van der Waals surface area contributed by atoms with E-state index in [1.165, 1.54) is 12.8 Å². The van der Waals surface area contributed by atoms with Crippen molar-refractivity contribution in [2.24, 2.45) is 0 Å². The topological polar surface area (TPSA) is 82.5 Å². The molecule has 0 amide bonds. The number of hydrogen-bond donors (Lipinski definition) is 1. The molecule has 1 fully saturated rings. The molecular weight excluding hydrogens is 354 g/mol. The van der Waals surface area contributed by atoms with E-state index >= 15 is 0 Å². The van der Waals surface area contributed by atoms with Gasteiger partial charge in [-0.25, -0.2) is 13.1 Å². The maximum absolute atomic E-state index is 13.0. The monoisotopic (exact) mass is 387 g/mol. The summed E-state index contributed by atoms with van der Waals surface area (Å²) in [5.74, 6) is 0. The quantitative estimate of drug-likeness (QED) is 0.659. The second-order valence-electron chi connectivity index (χ2n) is 7.70. The van der Waals surface area contributed by atoms with Gasteiger partial charge >= 0.3 is 0 Å². The van der Waals surface area contributed by atoms with E-state index in [1.807, 2.05) is 39.3 Å². The van der Waals surface area contributed by atoms with Gasteiger partial charge in [0.15, 0.2) is 6.29 Å². The first-order chi connectivity index (χ1) is 12.2. The van der Waals surface area contributed by atoms with Crippen LogP contribution in [0.3, 0.4) is 0 Å². The fourth-order valence-electron chi connectivity index (χ4n) is 3.24. The van der Waals surface area contributed by atoms with Gasteiger partial charge in [-0.05, 0) is 26.7 Å². The fourth-order valence-corrected chi connectivity index (χ4v) is 4.60. The summed E-state index contributed by atoms with van der Waals surface area (Å²) in [6, 6.07) is 0.291. The van der Waals surface area contributed by atoms with Gasteiger partial charge in [-0.15, -0.1) is 0 Å². The SMILES string of the molecule is CCOC(CNS(=O)(=O)c1cn(C2CCCC2)nc1C(C)(C)C)OCC. The first-order valence-electron chi connectivity index (χ1n) is 9.51. The zero-order valence-corrected chi connectivity index (χ0v) is 17.4. The molecule has 1 saturated carbocycles. The lowest BCUT2D eigenvalue weighted by Crippen LogP contribution is -2.36. The first kappa shape index (κ1) is 21.3. The normalized spacial score (nSPS) is 16.7. The van der Waals surface area contributed by atoms with Crippen molar-refractivity contribution in [3.8, 4) is 0 Å². The maximum Gasteiger partial charge on any atom is 0.244 e. The van der Waals surface area contributed by atoms with E-state index in [0.29, 0.717) is 24.9 Å². The molecule has 0 saturated heterocycles. The Morgan fingerprint density at radius 2 is 1.81 bits per heavy atom. The van der Waals surface area contributed by atoms with Crippen molar-refractivity contribution in [2.75, 3.05) is 19.8 Å². The molecule has 26 heavy (non-hydrogen) atoms. The maximum atomic E-state index is 13.0. The summed E-state index contributed by atoms with van der Waals surface area (Å²) in [5, 5.41) is 4.66. The molecule has 0 radical (unpaired) electrons. The molecule has 1 aromatic rings. The Morgan fingerprint density at radius 1 is 1.23 bits per heavy atom. The van der Waals surface area contributed by atoms with Crippen LogP contribution >= 0.6 is 0 Å². The minimum absolute atomic E-state index is 0.0716. The van der Waals surface area contributed by atoms with Crippen molar-refractivity contribution in [1.82, 2.24) is 14.5 Å². The van der Waals surface area contributed by atoms with Crippen molar-refractivity contribution < 1.29 is 17.9 Å². The fraction of sp³-hybridized carbons (Fsp3) is 0.833. The van der Waals surface area contributed by atoms with E-state index in [2.05, 4.69) is 9.82 Å². The standard InChI is InChI=1S/C18H33N3O4S/c1-6-24-16(25-7-2)12-19-26(22,23)15-13-21(14-10-8-9-11-14)20-17(15)18(3,4)5/h13-14,16,19H,6-12H2,1-5H3. The number of rotatable bonds is 9. The molecule has 0 aliphatic heterocycles. The third kappa shape index (κ3) is 5.28. The minimum Gasteiger partial charge on any atom is -0.352 e. The highest BCUT2D eigenvalue weighted by Gasteiger charge is 2.32. The van der Waals surface area contributed by atoms with Gasteiger partial charge in [0.05, 0.1) is 18.3 Å². The summed E-state index contributed by atoms with van der Waals surface area (Å²) in [6.45, 7) is 10.6. The third-order valence-corrected chi connectivity index (χ3v) is 5.97. The summed E-state index contributed by atoms with van der Waals surface area (Å²) >= 11 is 0. The van der Waals surface area contributed by atoms with Crippen LogP contribution in [0.1, 0.15) is 72.0 Å². The number of aromatic nitrogens is 2. The molecule has 150 valence electrons. The van der Waals surface area contributed by atoms with Crippen molar-refractivity contribution in [3.05, 3.63) is 11.9 Å². The number of sulfonamides is 1. The van der Waals surface area contributed by atoms with Gasteiger partial charge in [0, 0.05) is 24.8 Å². The molecule has 0 bridgehead atoms. The molecule has 0 unspecified atom stereocenters. The number of nitrogens with one attached hydrogen (secondary N) is 1. The number of ether oxygens (including phenoxy) is 2. The van der Waals surface area contributed by atoms with E-state index in [1.54, 1.807) is 6.20 Å². The lowest BCUT2D eigenvalue weighted by Gasteiger charge is -2.19. The predicted molar refractivity (Wildman–Crippen MR) is 101 cm³/mol. The summed E-state index contributed by atoms with van der Waals surface area (Å²) in [6.07, 6.45) is 5.53. The average molecular weight is 388 g/mol. The van der Waals surface area contributed by atoms with E-state index < -0.39 is 16.3 Å². The van der Waals surface area contributed by atoms with Gasteiger partial charge in [-0.3, -0.25) is 4.68 Å². The summed E-state index contributed by atoms with van der Waals surface area (Å²) < 4.78 is 41.3. The molecule has 2 rings (SSSR count). The van der Waals surface area contributed by atoms with E-state index in [0.717, 1.165) is 12.8 Å². The number of nitrogens with zero attached hydrogens (tertiary/aromatic N) is 2. The largest absolute Gasteiger partial charge is 0.352 e. The summed E-state index contributed by atoms with van der Waals surface area (Å²) in [4.78, 5) is 0.253. The van der Waals surface area contributed by atoms with Crippen LogP contribution < -0.4 is 4.72 Å². The zero-order chi connectivity index (χ0) is 19.4. The van der Waals surface area contributed by atoms with Crippen LogP contribution in [0.2, 0.25) is 0 Å². The van der Waals surface area contributed by atoms with Gasteiger partial charge in [-0.2, -0.15) is 5.10 Å². The van der Waals surface area contributed by atoms with Crippen LogP contribution in [0.5, 0.6) is 0 Å². The Labute approximate surface area is 157 Å². The molecule has 0 aromatic carbocycles. The van der Waals surface area contributed by atoms with E-state index in [9.17, 15) is 8.42 Å². The molecule has 1 aliphatic rings. The second-order valence-corrected chi connectivity index (χ2v) is 9.44. The Hall–Kier alpha value is -0.960. The Bertz CT molecular complexity index is 667. The van der Waals surface area contributed by atoms with Crippen LogP contribution in [0, 0.1) is 0 Å². The number of hydrogen-bond acceptors (Lipinski definition) is 5. The Balaban J connectivity index is 2.26. The van der Waals surface area contributed by atoms with E-state index in [4.69, 9.17) is 9.47 Å². The third-order valence-electron chi connectivity index (χ3n) is 4.54. The highest BCUT2D eigenvalue weighted by atomic mass is 32.2. The smallest absolute Gasteiger partial charge is 0.244 e. The van der Waals surface area contributed by atoms with Crippen LogP contribution in [-0.2, 0) is 24.9 Å². The van der Waals surface area contributed by atoms with Crippen LogP contribution in [0.15, 0.2) is 11.1 Å². The highest BCUT2D eigenvalue weighted by Crippen LogP contribution is 2.33. The molecular formula is C18H33N3O4S. The van der Waals surface area contributed by atoms with Gasteiger partial charge in [-0.1, -0.05) is 33.6 Å². The van der Waals surface area contributed by atoms with Crippen LogP contribution in [-0.4, -0.2) is 44.2 Å². The second kappa shape index (κ2) is 8.82. The first-order valence-corrected chi connectivity index (χ1v) is 11.0. The Morgan fingerprint density at radius 3 is 2.31 bits per heavy atom. The minimum atomic E-state index is -3.71. The van der Waals surface area contributed by atoms with Crippen molar-refractivity contribution >= 4 is 10.0 Å². The molecule has 1 aromatic heterocycles. The van der Waals surface area contributed by atoms with Crippen molar-refractivity contribution in [1.29, 1.82) is 0 Å². The average Bonchev–Trinajstić information content (AvgIpc) is 3.21. The highest BCUT2D eigenvalue weighted by molar-refractivity contribution is 7.89. The van der Waals surface area contributed by atoms with E-state index in [-0.39, 0.29) is 16.9 Å². The molecule has 8 heteroatoms. The molecule has 1 aliphatic carbocycles. The lowest BCUT2D eigenvalue weighted by molar-refractivity contribution is -0.130. The van der Waals surface area contributed by atoms with Crippen LogP contribution in [0.25, 0.3) is 0 Å². The molecule has 0 atom stereocenters. The van der Waals surface area contributed by atoms with Gasteiger partial charge < -0.3 is 9.47 Å². The molecule has 1 N–H and O–H groups in total. The molecule has 7 nitrogen and oxygen atoms in total. The summed E-state index contributed by atoms with van der Waals surface area (Å²) in [7, 11) is -3.71. The van der Waals surface area contributed by atoms with Gasteiger partial charge in [0.25, 0.3) is 0 Å². The molecule has 0 spiro atoms. The van der Waals surface area contributed by atoms with Crippen molar-refractivity contribution in [3.63, 3.8) is 0 Å². The van der Waals surface area contributed by atoms with Crippen LogP contribution in [0.4, 0.5) is 0 Å². The predicted octanol–water partition coefficient (Wildman–Crippen LogP) is 2.97.